The van der Waals surface area contributed by atoms with E-state index in [-0.39, 0.29) is 0 Å². The molecule has 0 fully saturated rings. The lowest BCUT2D eigenvalue weighted by molar-refractivity contribution is 0.574. The number of hydrogen-bond acceptors (Lipinski definition) is 1. The van der Waals surface area contributed by atoms with Crippen LogP contribution in [0, 0.1) is 13.8 Å². The van der Waals surface area contributed by atoms with Gasteiger partial charge in [0.1, 0.15) is 0 Å². The van der Waals surface area contributed by atoms with E-state index in [2.05, 4.69) is 84.5 Å². The van der Waals surface area contributed by atoms with Gasteiger partial charge in [-0.15, -0.1) is 0 Å². The van der Waals surface area contributed by atoms with Gasteiger partial charge in [-0.2, -0.15) is 0 Å². The molecule has 0 radical (unpaired) electrons. The molecule has 1 unspecified atom stereocenters. The summed E-state index contributed by atoms with van der Waals surface area (Å²) in [6.07, 6.45) is 0. The van der Waals surface area contributed by atoms with Crippen molar-refractivity contribution in [1.82, 2.24) is 5.32 Å². The lowest BCUT2D eigenvalue weighted by Gasteiger charge is -2.15. The zero-order chi connectivity index (χ0) is 13.8. The molecule has 19 heavy (non-hydrogen) atoms. The van der Waals surface area contributed by atoms with Gasteiger partial charge in [0, 0.05) is 17.1 Å². The highest BCUT2D eigenvalue weighted by Crippen LogP contribution is 2.18. The second kappa shape index (κ2) is 6.36. The Labute approximate surface area is 124 Å². The van der Waals surface area contributed by atoms with Gasteiger partial charge in [0.25, 0.3) is 0 Å². The van der Waals surface area contributed by atoms with E-state index >= 15 is 0 Å². The van der Waals surface area contributed by atoms with Gasteiger partial charge < -0.3 is 5.32 Å². The molecule has 2 aromatic rings. The van der Waals surface area contributed by atoms with E-state index < -0.39 is 0 Å². The van der Waals surface area contributed by atoms with Gasteiger partial charge in [0.2, 0.25) is 0 Å². The molecule has 0 saturated heterocycles. The summed E-state index contributed by atoms with van der Waals surface area (Å²) in [5.74, 6) is 0. The minimum absolute atomic E-state index is 0.346. The van der Waals surface area contributed by atoms with Gasteiger partial charge in [-0.05, 0) is 44.0 Å². The molecule has 0 heterocycles. The Hall–Kier alpha value is -1.12. The first-order valence-corrected chi connectivity index (χ1v) is 7.40. The first-order valence-electron chi connectivity index (χ1n) is 6.60. The van der Waals surface area contributed by atoms with Crippen molar-refractivity contribution >= 4 is 15.9 Å². The van der Waals surface area contributed by atoms with Gasteiger partial charge in [-0.3, -0.25) is 0 Å². The van der Waals surface area contributed by atoms with E-state index in [1.54, 1.807) is 0 Å². The summed E-state index contributed by atoms with van der Waals surface area (Å²) in [4.78, 5) is 0. The second-order valence-corrected chi connectivity index (χ2v) is 6.07. The van der Waals surface area contributed by atoms with E-state index in [1.165, 1.54) is 22.3 Å². The summed E-state index contributed by atoms with van der Waals surface area (Å²) in [7, 11) is 0. The van der Waals surface area contributed by atoms with Crippen LogP contribution in [0.1, 0.15) is 35.2 Å². The van der Waals surface area contributed by atoms with Crippen LogP contribution in [0.2, 0.25) is 0 Å². The molecule has 1 nitrogen and oxygen atoms in total. The lowest BCUT2D eigenvalue weighted by atomic mass is 10.1. The second-order valence-electron chi connectivity index (χ2n) is 5.15. The van der Waals surface area contributed by atoms with E-state index in [0.29, 0.717) is 6.04 Å². The molecule has 0 bridgehead atoms. The predicted octanol–water partition coefficient (Wildman–Crippen LogP) is 4.92. The van der Waals surface area contributed by atoms with Crippen molar-refractivity contribution in [1.29, 1.82) is 0 Å². The Kier molecular flexibility index (Phi) is 4.78. The molecule has 2 heteroatoms. The van der Waals surface area contributed by atoms with Crippen molar-refractivity contribution in [3.8, 4) is 0 Å². The van der Waals surface area contributed by atoms with Crippen LogP contribution in [0.4, 0.5) is 0 Å². The number of halogens is 1. The minimum Gasteiger partial charge on any atom is -0.306 e. The van der Waals surface area contributed by atoms with Gasteiger partial charge >= 0.3 is 0 Å². The van der Waals surface area contributed by atoms with Crippen molar-refractivity contribution in [3.05, 3.63) is 69.2 Å². The zero-order valence-corrected chi connectivity index (χ0v) is 13.3. The van der Waals surface area contributed by atoms with Crippen LogP contribution >= 0.6 is 15.9 Å². The highest BCUT2D eigenvalue weighted by molar-refractivity contribution is 9.10. The summed E-state index contributed by atoms with van der Waals surface area (Å²) in [5, 5.41) is 3.58. The third-order valence-electron chi connectivity index (χ3n) is 3.24. The molecular weight excluding hydrogens is 298 g/mol. The van der Waals surface area contributed by atoms with E-state index in [1.807, 2.05) is 0 Å². The summed E-state index contributed by atoms with van der Waals surface area (Å²) in [6.45, 7) is 7.39. The van der Waals surface area contributed by atoms with Crippen LogP contribution in [0.15, 0.2) is 46.9 Å². The van der Waals surface area contributed by atoms with Crippen LogP contribution in [-0.4, -0.2) is 0 Å². The molecular formula is C17H20BrN. The fraction of sp³-hybridized carbons (Fsp3) is 0.294. The average Bonchev–Trinajstić information content (AvgIpc) is 2.35. The van der Waals surface area contributed by atoms with Crippen molar-refractivity contribution < 1.29 is 0 Å². The molecule has 2 aromatic carbocycles. The molecule has 0 aliphatic heterocycles. The Morgan fingerprint density at radius 3 is 2.37 bits per heavy atom. The van der Waals surface area contributed by atoms with E-state index in [0.717, 1.165) is 11.0 Å². The van der Waals surface area contributed by atoms with Crippen molar-refractivity contribution in [2.75, 3.05) is 0 Å². The Balaban J connectivity index is 2.02. The predicted molar refractivity (Wildman–Crippen MR) is 85.3 cm³/mol. The SMILES string of the molecule is Cc1cc(C)cc(CNC(C)c2cccc(Br)c2)c1. The molecule has 0 aromatic heterocycles. The fourth-order valence-electron chi connectivity index (χ4n) is 2.34. The zero-order valence-electron chi connectivity index (χ0n) is 11.7. The molecule has 0 aliphatic carbocycles. The largest absolute Gasteiger partial charge is 0.306 e. The highest BCUT2D eigenvalue weighted by Gasteiger charge is 2.05. The molecule has 0 amide bonds. The molecule has 1 atom stereocenters. The van der Waals surface area contributed by atoms with Gasteiger partial charge in [0.05, 0.1) is 0 Å². The number of benzene rings is 2. The summed E-state index contributed by atoms with van der Waals surface area (Å²) >= 11 is 3.52. The first-order chi connectivity index (χ1) is 9.04. The fourth-order valence-corrected chi connectivity index (χ4v) is 2.75. The van der Waals surface area contributed by atoms with Gasteiger partial charge in [-0.25, -0.2) is 0 Å². The van der Waals surface area contributed by atoms with Gasteiger partial charge in [0.15, 0.2) is 0 Å². The van der Waals surface area contributed by atoms with Crippen LogP contribution in [-0.2, 0) is 6.54 Å². The van der Waals surface area contributed by atoms with Crippen molar-refractivity contribution in [2.24, 2.45) is 0 Å². The Bertz CT molecular complexity index is 543. The minimum atomic E-state index is 0.346. The van der Waals surface area contributed by atoms with Crippen LogP contribution in [0.25, 0.3) is 0 Å². The molecule has 2 rings (SSSR count). The Morgan fingerprint density at radius 2 is 1.74 bits per heavy atom. The topological polar surface area (TPSA) is 12.0 Å². The summed E-state index contributed by atoms with van der Waals surface area (Å²) in [5.41, 5.74) is 5.30. The normalized spacial score (nSPS) is 12.4. The number of hydrogen-bond donors (Lipinski definition) is 1. The van der Waals surface area contributed by atoms with Crippen LogP contribution in [0.5, 0.6) is 0 Å². The van der Waals surface area contributed by atoms with Crippen LogP contribution < -0.4 is 5.32 Å². The van der Waals surface area contributed by atoms with E-state index in [9.17, 15) is 0 Å². The smallest absolute Gasteiger partial charge is 0.0295 e. The lowest BCUT2D eigenvalue weighted by Crippen LogP contribution is -2.18. The molecule has 0 saturated carbocycles. The monoisotopic (exact) mass is 317 g/mol. The average molecular weight is 318 g/mol. The quantitative estimate of drug-likeness (QED) is 0.844. The van der Waals surface area contributed by atoms with Crippen molar-refractivity contribution in [3.63, 3.8) is 0 Å². The van der Waals surface area contributed by atoms with Gasteiger partial charge in [-0.1, -0.05) is 57.4 Å². The third kappa shape index (κ3) is 4.19. The maximum atomic E-state index is 3.58. The highest BCUT2D eigenvalue weighted by atomic mass is 79.9. The maximum Gasteiger partial charge on any atom is 0.0295 e. The third-order valence-corrected chi connectivity index (χ3v) is 3.74. The molecule has 1 N–H and O–H groups in total. The van der Waals surface area contributed by atoms with E-state index in [4.69, 9.17) is 0 Å². The summed E-state index contributed by atoms with van der Waals surface area (Å²) < 4.78 is 1.13. The number of aryl methyl sites for hydroxylation is 2. The number of nitrogens with one attached hydrogen (secondary N) is 1. The standard InChI is InChI=1S/C17H20BrN/c1-12-7-13(2)9-15(8-12)11-19-14(3)16-5-4-6-17(18)10-16/h4-10,14,19H,11H2,1-3H3. The van der Waals surface area contributed by atoms with Crippen molar-refractivity contribution in [2.45, 2.75) is 33.4 Å². The molecule has 0 spiro atoms. The molecule has 100 valence electrons. The molecule has 0 aliphatic rings. The first kappa shape index (κ1) is 14.3. The van der Waals surface area contributed by atoms with Crippen LogP contribution in [0.3, 0.4) is 0 Å². The maximum absolute atomic E-state index is 3.58. The summed E-state index contributed by atoms with van der Waals surface area (Å²) in [6, 6.07) is 15.5. The number of rotatable bonds is 4. The Morgan fingerprint density at radius 1 is 1.05 bits per heavy atom.